The molecule has 0 spiro atoms. The lowest BCUT2D eigenvalue weighted by Crippen LogP contribution is -2.26. The third-order valence-corrected chi connectivity index (χ3v) is 4.10. The van der Waals surface area contributed by atoms with Crippen molar-refractivity contribution in [1.29, 1.82) is 0 Å². The summed E-state index contributed by atoms with van der Waals surface area (Å²) in [5.41, 5.74) is 3.36. The van der Waals surface area contributed by atoms with Crippen molar-refractivity contribution < 1.29 is 0 Å². The molecule has 0 amide bonds. The minimum Gasteiger partial charge on any atom is -0.313 e. The standard InChI is InChI=1S/C8H8N4S2/c1-2-7(13-3-1)6-4-14-8-10-9-5-12(8)11-6/h1-3,5-6,11H,4H2. The Bertz CT molecular complexity index is 422. The average molecular weight is 224 g/mol. The highest BCUT2D eigenvalue weighted by Gasteiger charge is 2.20. The highest BCUT2D eigenvalue weighted by molar-refractivity contribution is 7.99. The van der Waals surface area contributed by atoms with Gasteiger partial charge in [-0.3, -0.25) is 0 Å². The number of thioether (sulfide) groups is 1. The lowest BCUT2D eigenvalue weighted by molar-refractivity contribution is 0.665. The molecule has 1 N–H and O–H groups in total. The molecule has 0 bridgehead atoms. The van der Waals surface area contributed by atoms with Gasteiger partial charge in [0, 0.05) is 10.6 Å². The quantitative estimate of drug-likeness (QED) is 0.801. The van der Waals surface area contributed by atoms with Crippen LogP contribution in [-0.4, -0.2) is 20.6 Å². The zero-order valence-electron chi connectivity index (χ0n) is 7.25. The lowest BCUT2D eigenvalue weighted by Gasteiger charge is -2.23. The van der Waals surface area contributed by atoms with E-state index >= 15 is 0 Å². The summed E-state index contributed by atoms with van der Waals surface area (Å²) >= 11 is 3.51. The molecule has 3 heterocycles. The van der Waals surface area contributed by atoms with E-state index in [1.165, 1.54) is 4.88 Å². The monoisotopic (exact) mass is 224 g/mol. The first kappa shape index (κ1) is 8.31. The molecule has 14 heavy (non-hydrogen) atoms. The molecule has 6 heteroatoms. The molecule has 0 aliphatic carbocycles. The smallest absolute Gasteiger partial charge is 0.209 e. The molecule has 3 rings (SSSR count). The van der Waals surface area contributed by atoms with Gasteiger partial charge in [0.1, 0.15) is 6.33 Å². The zero-order chi connectivity index (χ0) is 9.38. The van der Waals surface area contributed by atoms with Gasteiger partial charge in [0.25, 0.3) is 0 Å². The van der Waals surface area contributed by atoms with E-state index in [-0.39, 0.29) is 0 Å². The van der Waals surface area contributed by atoms with Crippen molar-refractivity contribution in [2.75, 3.05) is 11.2 Å². The summed E-state index contributed by atoms with van der Waals surface area (Å²) in [4.78, 5) is 1.36. The molecule has 4 nitrogen and oxygen atoms in total. The van der Waals surface area contributed by atoms with Crippen LogP contribution in [-0.2, 0) is 0 Å². The number of aromatic nitrogens is 3. The van der Waals surface area contributed by atoms with E-state index in [0.717, 1.165) is 10.9 Å². The second-order valence-corrected chi connectivity index (χ2v) is 4.96. The summed E-state index contributed by atoms with van der Waals surface area (Å²) in [7, 11) is 0. The van der Waals surface area contributed by atoms with E-state index in [1.807, 2.05) is 4.68 Å². The lowest BCUT2D eigenvalue weighted by atomic mass is 10.3. The number of nitrogens with one attached hydrogen (secondary N) is 1. The summed E-state index contributed by atoms with van der Waals surface area (Å²) in [6, 6.07) is 4.61. The molecule has 0 saturated heterocycles. The molecule has 1 unspecified atom stereocenters. The Labute approximate surface area is 89.3 Å². The van der Waals surface area contributed by atoms with Crippen LogP contribution in [0.2, 0.25) is 0 Å². The Kier molecular flexibility index (Phi) is 1.95. The molecular weight excluding hydrogens is 216 g/mol. The molecule has 72 valence electrons. The predicted molar refractivity (Wildman–Crippen MR) is 57.2 cm³/mol. The van der Waals surface area contributed by atoms with Crippen LogP contribution >= 0.6 is 23.1 Å². The molecule has 1 aliphatic rings. The van der Waals surface area contributed by atoms with E-state index in [4.69, 9.17) is 0 Å². The van der Waals surface area contributed by atoms with Crippen molar-refractivity contribution in [2.24, 2.45) is 0 Å². The van der Waals surface area contributed by atoms with Gasteiger partial charge in [-0.25, -0.2) is 4.68 Å². The van der Waals surface area contributed by atoms with Crippen LogP contribution < -0.4 is 5.43 Å². The number of rotatable bonds is 1. The van der Waals surface area contributed by atoms with Crippen molar-refractivity contribution in [3.05, 3.63) is 28.7 Å². The topological polar surface area (TPSA) is 42.7 Å². The third kappa shape index (κ3) is 1.31. The second kappa shape index (κ2) is 3.29. The third-order valence-electron chi connectivity index (χ3n) is 2.08. The predicted octanol–water partition coefficient (Wildman–Crippen LogP) is 1.73. The van der Waals surface area contributed by atoms with E-state index in [9.17, 15) is 0 Å². The first-order valence-electron chi connectivity index (χ1n) is 4.26. The largest absolute Gasteiger partial charge is 0.313 e. The van der Waals surface area contributed by atoms with Crippen molar-refractivity contribution in [3.63, 3.8) is 0 Å². The normalized spacial score (nSPS) is 20.1. The molecule has 1 aliphatic heterocycles. The van der Waals surface area contributed by atoms with Crippen molar-refractivity contribution in [3.8, 4) is 0 Å². The van der Waals surface area contributed by atoms with Crippen molar-refractivity contribution >= 4 is 23.1 Å². The maximum atomic E-state index is 3.99. The summed E-state index contributed by atoms with van der Waals surface area (Å²) < 4.78 is 1.89. The SMILES string of the molecule is c1csc(C2CSc3nncn3N2)c1. The molecule has 2 aromatic heterocycles. The van der Waals surface area contributed by atoms with Crippen LogP contribution in [0.25, 0.3) is 0 Å². The maximum Gasteiger partial charge on any atom is 0.209 e. The Morgan fingerprint density at radius 2 is 2.57 bits per heavy atom. The Balaban J connectivity index is 1.88. The molecule has 1 atom stereocenters. The molecule has 0 fully saturated rings. The highest BCUT2D eigenvalue weighted by Crippen LogP contribution is 2.30. The molecule has 0 saturated carbocycles. The highest BCUT2D eigenvalue weighted by atomic mass is 32.2. The second-order valence-electron chi connectivity index (χ2n) is 2.99. The minimum atomic E-state index is 0.378. The Morgan fingerprint density at radius 1 is 1.57 bits per heavy atom. The van der Waals surface area contributed by atoms with Crippen LogP contribution in [0.3, 0.4) is 0 Å². The fraction of sp³-hybridized carbons (Fsp3) is 0.250. The van der Waals surface area contributed by atoms with Crippen LogP contribution in [0.5, 0.6) is 0 Å². The number of hydrogen-bond acceptors (Lipinski definition) is 5. The molecular formula is C8H8N4S2. The summed E-state index contributed by atoms with van der Waals surface area (Å²) in [6.45, 7) is 0. The van der Waals surface area contributed by atoms with Crippen LogP contribution in [0.1, 0.15) is 10.9 Å². The molecule has 2 aromatic rings. The van der Waals surface area contributed by atoms with Gasteiger partial charge < -0.3 is 5.43 Å². The maximum absolute atomic E-state index is 3.99. The summed E-state index contributed by atoms with van der Waals surface area (Å²) in [6.07, 6.45) is 1.71. The number of hydrogen-bond donors (Lipinski definition) is 1. The fourth-order valence-corrected chi connectivity index (χ4v) is 3.20. The van der Waals surface area contributed by atoms with E-state index in [1.54, 1.807) is 29.4 Å². The van der Waals surface area contributed by atoms with E-state index in [2.05, 4.69) is 33.1 Å². The Morgan fingerprint density at radius 3 is 3.43 bits per heavy atom. The summed E-state index contributed by atoms with van der Waals surface area (Å²) in [5, 5.41) is 10.9. The van der Waals surface area contributed by atoms with Gasteiger partial charge in [-0.2, -0.15) is 0 Å². The van der Waals surface area contributed by atoms with Gasteiger partial charge in [0.15, 0.2) is 0 Å². The summed E-state index contributed by atoms with van der Waals surface area (Å²) in [5.74, 6) is 1.01. The Hall–Kier alpha value is -1.01. The average Bonchev–Trinajstić information content (AvgIpc) is 2.88. The van der Waals surface area contributed by atoms with Gasteiger partial charge in [-0.1, -0.05) is 17.8 Å². The minimum absolute atomic E-state index is 0.378. The molecule has 0 aromatic carbocycles. The van der Waals surface area contributed by atoms with Crippen LogP contribution in [0.4, 0.5) is 0 Å². The van der Waals surface area contributed by atoms with Crippen molar-refractivity contribution in [2.45, 2.75) is 11.2 Å². The van der Waals surface area contributed by atoms with Gasteiger partial charge in [0.2, 0.25) is 5.16 Å². The van der Waals surface area contributed by atoms with Crippen LogP contribution in [0.15, 0.2) is 29.0 Å². The van der Waals surface area contributed by atoms with E-state index < -0.39 is 0 Å². The molecule has 0 radical (unpaired) electrons. The van der Waals surface area contributed by atoms with Gasteiger partial charge in [-0.15, -0.1) is 21.5 Å². The van der Waals surface area contributed by atoms with Gasteiger partial charge >= 0.3 is 0 Å². The van der Waals surface area contributed by atoms with Crippen molar-refractivity contribution in [1.82, 2.24) is 14.9 Å². The van der Waals surface area contributed by atoms with Crippen LogP contribution in [0, 0.1) is 0 Å². The first-order valence-corrected chi connectivity index (χ1v) is 6.13. The van der Waals surface area contributed by atoms with E-state index in [0.29, 0.717) is 6.04 Å². The zero-order valence-corrected chi connectivity index (χ0v) is 8.88. The first-order chi connectivity index (χ1) is 6.93. The number of thiophene rings is 1. The number of fused-ring (bicyclic) bond motifs is 1. The fourth-order valence-electron chi connectivity index (χ4n) is 1.41. The number of nitrogens with zero attached hydrogens (tertiary/aromatic N) is 3. The van der Waals surface area contributed by atoms with Gasteiger partial charge in [0.05, 0.1) is 6.04 Å². The van der Waals surface area contributed by atoms with Gasteiger partial charge in [-0.05, 0) is 11.4 Å².